The molecule has 9 heteroatoms. The van der Waals surface area contributed by atoms with E-state index in [-0.39, 0.29) is 5.54 Å². The van der Waals surface area contributed by atoms with Gasteiger partial charge in [-0.3, -0.25) is 10.00 Å². The molecule has 0 bridgehead atoms. The second-order valence-corrected chi connectivity index (χ2v) is 11.5. The number of hydrogen-bond acceptors (Lipinski definition) is 8. The first-order valence-electron chi connectivity index (χ1n) is 13.2. The molecule has 4 aliphatic rings. The molecule has 4 atom stereocenters. The summed E-state index contributed by atoms with van der Waals surface area (Å²) in [7, 11) is 2.16. The minimum atomic E-state index is 0.166. The Hall–Kier alpha value is -3.22. The Labute approximate surface area is 211 Å². The molecule has 36 heavy (non-hydrogen) atoms. The average molecular weight is 484 g/mol. The number of aromatic amines is 1. The van der Waals surface area contributed by atoms with Gasteiger partial charge in [0.25, 0.3) is 0 Å². The molecule has 1 unspecified atom stereocenters. The van der Waals surface area contributed by atoms with Crippen molar-refractivity contribution >= 4 is 28.5 Å². The lowest BCUT2D eigenvalue weighted by atomic mass is 9.72. The Kier molecular flexibility index (Phi) is 4.98. The van der Waals surface area contributed by atoms with E-state index < -0.39 is 0 Å². The highest BCUT2D eigenvalue weighted by molar-refractivity contribution is 5.92. The highest BCUT2D eigenvalue weighted by atomic mass is 15.4. The topological polar surface area (TPSA) is 109 Å². The van der Waals surface area contributed by atoms with Crippen LogP contribution in [0.25, 0.3) is 10.9 Å². The Morgan fingerprint density at radius 3 is 2.83 bits per heavy atom. The predicted octanol–water partition coefficient (Wildman–Crippen LogP) is 3.90. The van der Waals surface area contributed by atoms with Gasteiger partial charge >= 0.3 is 0 Å². The van der Waals surface area contributed by atoms with Crippen molar-refractivity contribution in [3.05, 3.63) is 35.5 Å². The van der Waals surface area contributed by atoms with Crippen molar-refractivity contribution in [2.45, 2.75) is 75.0 Å². The molecule has 1 aromatic carbocycles. The van der Waals surface area contributed by atoms with Crippen LogP contribution in [0.15, 0.2) is 24.3 Å². The third-order valence-corrected chi connectivity index (χ3v) is 8.96. The molecule has 0 amide bonds. The second kappa shape index (κ2) is 8.15. The van der Waals surface area contributed by atoms with Crippen molar-refractivity contribution in [2.75, 3.05) is 30.8 Å². The van der Waals surface area contributed by atoms with Gasteiger partial charge in [0.15, 0.2) is 5.82 Å². The lowest BCUT2D eigenvalue weighted by molar-refractivity contribution is -0.0880. The molecule has 3 N–H and O–H groups in total. The zero-order valence-electron chi connectivity index (χ0n) is 21.0. The SMILES string of the molecule is Cc1cc(Nc2nc(N[C@H]3C[C@@H]4CCC5(CC#N)C[C@H](C3)N45)nc3cc(C4CN(C)C4)ccc23)n[nH]1. The lowest BCUT2D eigenvalue weighted by Crippen LogP contribution is -2.68. The first kappa shape index (κ1) is 22.0. The van der Waals surface area contributed by atoms with E-state index in [9.17, 15) is 5.26 Å². The van der Waals surface area contributed by atoms with Gasteiger partial charge in [0.2, 0.25) is 5.95 Å². The van der Waals surface area contributed by atoms with Gasteiger partial charge in [-0.1, -0.05) is 6.07 Å². The van der Waals surface area contributed by atoms with Crippen LogP contribution in [0.4, 0.5) is 17.6 Å². The standard InChI is InChI=1S/C27H33N9/c1-16-9-24(34-33-16)31-25-22-4-3-17(18-14-35(2)15-18)10-23(22)30-26(32-25)29-19-11-20-5-6-27(7-8-28)13-21(12-19)36(20)27/h3-4,9-10,18-21H,5-7,11-15H2,1-2H3,(H3,29,30,31,32,33,34)/t19-,20-,21-,27?/m0/s1. The summed E-state index contributed by atoms with van der Waals surface area (Å²) in [6.07, 6.45) is 6.35. The van der Waals surface area contributed by atoms with Crippen molar-refractivity contribution in [3.63, 3.8) is 0 Å². The van der Waals surface area contributed by atoms with E-state index in [4.69, 9.17) is 9.97 Å². The van der Waals surface area contributed by atoms with Crippen LogP contribution in [-0.4, -0.2) is 73.8 Å². The Balaban J connectivity index is 1.17. The fourth-order valence-electron chi connectivity index (χ4n) is 7.36. The van der Waals surface area contributed by atoms with Crippen LogP contribution in [0.3, 0.4) is 0 Å². The smallest absolute Gasteiger partial charge is 0.225 e. The fraction of sp³-hybridized carbons (Fsp3) is 0.556. The third kappa shape index (κ3) is 3.54. The molecule has 4 fully saturated rings. The van der Waals surface area contributed by atoms with Crippen LogP contribution in [0.2, 0.25) is 0 Å². The molecule has 4 aliphatic heterocycles. The third-order valence-electron chi connectivity index (χ3n) is 8.96. The molecule has 2 aromatic heterocycles. The summed E-state index contributed by atoms with van der Waals surface area (Å²) in [4.78, 5) is 15.0. The van der Waals surface area contributed by atoms with E-state index in [1.54, 1.807) is 0 Å². The maximum absolute atomic E-state index is 9.34. The van der Waals surface area contributed by atoms with E-state index in [0.29, 0.717) is 36.4 Å². The zero-order valence-corrected chi connectivity index (χ0v) is 21.0. The number of rotatable bonds is 6. The van der Waals surface area contributed by atoms with E-state index in [1.807, 2.05) is 13.0 Å². The average Bonchev–Trinajstić information content (AvgIpc) is 3.37. The van der Waals surface area contributed by atoms with Crippen LogP contribution >= 0.6 is 0 Å². The largest absolute Gasteiger partial charge is 0.351 e. The maximum Gasteiger partial charge on any atom is 0.225 e. The van der Waals surface area contributed by atoms with Gasteiger partial charge in [0, 0.05) is 59.8 Å². The highest BCUT2D eigenvalue weighted by Gasteiger charge is 2.60. The number of benzene rings is 1. The van der Waals surface area contributed by atoms with Gasteiger partial charge in [-0.15, -0.1) is 0 Å². The summed E-state index contributed by atoms with van der Waals surface area (Å²) in [6, 6.07) is 12.5. The van der Waals surface area contributed by atoms with Gasteiger partial charge in [-0.25, -0.2) is 4.98 Å². The predicted molar refractivity (Wildman–Crippen MR) is 139 cm³/mol. The number of piperidine rings is 1. The number of hydrogen-bond donors (Lipinski definition) is 3. The molecule has 0 aliphatic carbocycles. The Bertz CT molecular complexity index is 1350. The summed E-state index contributed by atoms with van der Waals surface area (Å²) in [5, 5.41) is 24.8. The van der Waals surface area contributed by atoms with Gasteiger partial charge < -0.3 is 15.5 Å². The van der Waals surface area contributed by atoms with Gasteiger partial charge in [-0.05, 0) is 63.8 Å². The van der Waals surface area contributed by atoms with E-state index >= 15 is 0 Å². The quantitative estimate of drug-likeness (QED) is 0.484. The monoisotopic (exact) mass is 483 g/mol. The van der Waals surface area contributed by atoms with Crippen LogP contribution in [0, 0.1) is 18.3 Å². The van der Waals surface area contributed by atoms with Crippen LogP contribution in [-0.2, 0) is 0 Å². The molecule has 3 aromatic rings. The van der Waals surface area contributed by atoms with E-state index in [0.717, 1.165) is 67.0 Å². The lowest BCUT2D eigenvalue weighted by Gasteiger charge is -2.59. The normalized spacial score (nSPS) is 29.9. The van der Waals surface area contributed by atoms with Crippen molar-refractivity contribution in [1.82, 2.24) is 30.0 Å². The molecular formula is C27H33N9. The van der Waals surface area contributed by atoms with Crippen molar-refractivity contribution < 1.29 is 0 Å². The number of H-pyrrole nitrogens is 1. The number of nitrogens with zero attached hydrogens (tertiary/aromatic N) is 6. The molecule has 4 saturated heterocycles. The number of fused-ring (bicyclic) bond motifs is 1. The molecule has 0 saturated carbocycles. The Morgan fingerprint density at radius 2 is 2.06 bits per heavy atom. The van der Waals surface area contributed by atoms with Crippen LogP contribution in [0.5, 0.6) is 0 Å². The summed E-state index contributed by atoms with van der Waals surface area (Å²) < 4.78 is 0. The number of aromatic nitrogens is 4. The molecule has 6 heterocycles. The summed E-state index contributed by atoms with van der Waals surface area (Å²) in [5.74, 6) is 2.78. The highest BCUT2D eigenvalue weighted by Crippen LogP contribution is 2.55. The molecular weight excluding hydrogens is 450 g/mol. The fourth-order valence-corrected chi connectivity index (χ4v) is 7.36. The van der Waals surface area contributed by atoms with E-state index in [2.05, 4.69) is 61.9 Å². The molecule has 7 rings (SSSR count). The van der Waals surface area contributed by atoms with Crippen LogP contribution in [0.1, 0.15) is 55.7 Å². The first-order valence-corrected chi connectivity index (χ1v) is 13.2. The van der Waals surface area contributed by atoms with Crippen molar-refractivity contribution in [3.8, 4) is 6.07 Å². The van der Waals surface area contributed by atoms with Gasteiger partial charge in [0.1, 0.15) is 5.82 Å². The maximum atomic E-state index is 9.34. The number of likely N-dealkylation sites (N-methyl/N-ethyl adjacent to an activating group) is 1. The number of nitriles is 1. The van der Waals surface area contributed by atoms with Gasteiger partial charge in [0.05, 0.1) is 18.0 Å². The number of aryl methyl sites for hydroxylation is 1. The minimum Gasteiger partial charge on any atom is -0.351 e. The second-order valence-electron chi connectivity index (χ2n) is 11.5. The van der Waals surface area contributed by atoms with Crippen LogP contribution < -0.4 is 10.6 Å². The molecule has 0 spiro atoms. The molecule has 0 radical (unpaired) electrons. The minimum absolute atomic E-state index is 0.166. The summed E-state index contributed by atoms with van der Waals surface area (Å²) in [6.45, 7) is 4.17. The summed E-state index contributed by atoms with van der Waals surface area (Å²) >= 11 is 0. The number of nitrogens with one attached hydrogen (secondary N) is 3. The first-order chi connectivity index (χ1) is 17.5. The number of anilines is 3. The molecule has 186 valence electrons. The molecule has 9 nitrogen and oxygen atoms in total. The zero-order chi connectivity index (χ0) is 24.4. The van der Waals surface area contributed by atoms with Crippen molar-refractivity contribution in [2.24, 2.45) is 0 Å². The van der Waals surface area contributed by atoms with E-state index in [1.165, 1.54) is 12.0 Å². The van der Waals surface area contributed by atoms with Crippen molar-refractivity contribution in [1.29, 1.82) is 5.26 Å². The Morgan fingerprint density at radius 1 is 1.19 bits per heavy atom. The number of likely N-dealkylation sites (tertiary alicyclic amines) is 1. The summed E-state index contributed by atoms with van der Waals surface area (Å²) in [5.41, 5.74) is 3.47. The van der Waals surface area contributed by atoms with Gasteiger partial charge in [-0.2, -0.15) is 15.3 Å².